The van der Waals surface area contributed by atoms with Gasteiger partial charge >= 0.3 is 0 Å². The Morgan fingerprint density at radius 1 is 0.884 bits per heavy atom. The molecule has 0 unspecified atom stereocenters. The molecule has 0 saturated carbocycles. The number of rotatable bonds is 11. The SMILES string of the molecule is Cl.O=C1CC[C@@H](CNCc2cc(Cl)c(OCc3cccc(-c4ccccc4)c3Cl)cc2OCc2ccc3nonc3c2)N1. The van der Waals surface area contributed by atoms with Crippen molar-refractivity contribution >= 4 is 52.5 Å². The van der Waals surface area contributed by atoms with Crippen molar-refractivity contribution in [1.82, 2.24) is 20.9 Å². The molecule has 1 aliphatic rings. The Morgan fingerprint density at radius 2 is 1.70 bits per heavy atom. The second-order valence-corrected chi connectivity index (χ2v) is 10.9. The lowest BCUT2D eigenvalue weighted by Crippen LogP contribution is -2.35. The highest BCUT2D eigenvalue weighted by Crippen LogP contribution is 2.36. The van der Waals surface area contributed by atoms with Crippen LogP contribution in [0.3, 0.4) is 0 Å². The Kier molecular flexibility index (Phi) is 10.0. The number of ether oxygens (including phenoxy) is 2. The Bertz CT molecular complexity index is 1710. The molecule has 1 aliphatic heterocycles. The number of hydrogen-bond donors (Lipinski definition) is 2. The summed E-state index contributed by atoms with van der Waals surface area (Å²) < 4.78 is 17.3. The minimum absolute atomic E-state index is 0. The van der Waals surface area contributed by atoms with E-state index in [1.54, 1.807) is 0 Å². The van der Waals surface area contributed by atoms with Gasteiger partial charge in [0.05, 0.1) is 10.0 Å². The van der Waals surface area contributed by atoms with E-state index in [1.807, 2.05) is 78.9 Å². The van der Waals surface area contributed by atoms with E-state index in [9.17, 15) is 4.79 Å². The molecule has 0 radical (unpaired) electrons. The number of hydrogen-bond acceptors (Lipinski definition) is 7. The molecule has 1 amide bonds. The molecule has 0 spiro atoms. The van der Waals surface area contributed by atoms with E-state index in [1.165, 1.54) is 0 Å². The minimum atomic E-state index is 0. The highest BCUT2D eigenvalue weighted by atomic mass is 35.5. The Morgan fingerprint density at radius 3 is 2.51 bits per heavy atom. The first kappa shape index (κ1) is 30.6. The third kappa shape index (κ3) is 7.40. The molecule has 5 aromatic rings. The van der Waals surface area contributed by atoms with E-state index >= 15 is 0 Å². The molecule has 1 atom stereocenters. The van der Waals surface area contributed by atoms with Crippen LogP contribution >= 0.6 is 35.6 Å². The summed E-state index contributed by atoms with van der Waals surface area (Å²) in [4.78, 5) is 11.6. The fourth-order valence-electron chi connectivity index (χ4n) is 4.94. The predicted molar refractivity (Wildman–Crippen MR) is 169 cm³/mol. The number of fused-ring (bicyclic) bond motifs is 1. The summed E-state index contributed by atoms with van der Waals surface area (Å²) in [5.41, 5.74) is 5.93. The van der Waals surface area contributed by atoms with Crippen LogP contribution in [0.2, 0.25) is 10.0 Å². The van der Waals surface area contributed by atoms with Crippen molar-refractivity contribution in [3.63, 3.8) is 0 Å². The van der Waals surface area contributed by atoms with E-state index in [0.717, 1.165) is 34.2 Å². The Hall–Kier alpha value is -3.82. The lowest BCUT2D eigenvalue weighted by Gasteiger charge is -2.18. The molecule has 0 aliphatic carbocycles. The number of amides is 1. The summed E-state index contributed by atoms with van der Waals surface area (Å²) in [6.07, 6.45) is 1.37. The quantitative estimate of drug-likeness (QED) is 0.158. The maximum Gasteiger partial charge on any atom is 0.220 e. The van der Waals surface area contributed by atoms with Crippen molar-refractivity contribution in [1.29, 1.82) is 0 Å². The number of carbonyl (C=O) groups is 1. The average Bonchev–Trinajstić information content (AvgIpc) is 3.65. The van der Waals surface area contributed by atoms with Crippen molar-refractivity contribution in [3.8, 4) is 22.6 Å². The number of halogens is 3. The van der Waals surface area contributed by atoms with Gasteiger partial charge < -0.3 is 20.1 Å². The number of aromatic nitrogens is 2. The zero-order chi connectivity index (χ0) is 28.9. The van der Waals surface area contributed by atoms with Gasteiger partial charge in [-0.05, 0) is 46.1 Å². The molecule has 43 heavy (non-hydrogen) atoms. The number of nitrogens with one attached hydrogen (secondary N) is 2. The van der Waals surface area contributed by atoms with Gasteiger partial charge in [0.25, 0.3) is 0 Å². The number of nitrogens with zero attached hydrogens (tertiary/aromatic N) is 2. The van der Waals surface area contributed by atoms with Gasteiger partial charge in [-0.3, -0.25) is 4.79 Å². The van der Waals surface area contributed by atoms with Crippen LogP contribution in [0.15, 0.2) is 83.5 Å². The minimum Gasteiger partial charge on any atom is -0.488 e. The molecule has 1 fully saturated rings. The second kappa shape index (κ2) is 14.1. The molecule has 2 heterocycles. The Balaban J connectivity index is 0.00000368. The molecule has 11 heteroatoms. The molecule has 2 N–H and O–H groups in total. The van der Waals surface area contributed by atoms with Crippen molar-refractivity contribution in [2.24, 2.45) is 0 Å². The summed E-state index contributed by atoms with van der Waals surface area (Å²) in [6.45, 7) is 1.67. The molecule has 1 aromatic heterocycles. The highest BCUT2D eigenvalue weighted by Gasteiger charge is 2.20. The first-order valence-electron chi connectivity index (χ1n) is 13.7. The monoisotopic (exact) mass is 638 g/mol. The normalized spacial score (nSPS) is 14.4. The van der Waals surface area contributed by atoms with E-state index < -0.39 is 0 Å². The van der Waals surface area contributed by atoms with E-state index in [-0.39, 0.29) is 31.0 Å². The maximum absolute atomic E-state index is 11.6. The van der Waals surface area contributed by atoms with Crippen molar-refractivity contribution in [2.75, 3.05) is 6.54 Å². The van der Waals surface area contributed by atoms with E-state index in [0.29, 0.717) is 58.7 Å². The Labute approximate surface area is 265 Å². The third-order valence-corrected chi connectivity index (χ3v) is 7.91. The number of benzene rings is 4. The molecule has 8 nitrogen and oxygen atoms in total. The molecular formula is C32H29Cl3N4O4. The standard InChI is InChI=1S/C32H28Cl2N4O4.ClH/c33-26-14-23(16-35-17-24-10-12-31(39)36-24)29(40-18-20-9-11-27-28(13-20)38-42-37-27)15-30(26)41-19-22-7-4-8-25(32(22)34)21-5-2-1-3-6-21;/h1-9,11,13-15,24,35H,10,12,16-19H2,(H,36,39);1H/t24-;/m0./s1. The molecular weight excluding hydrogens is 611 g/mol. The van der Waals surface area contributed by atoms with Crippen molar-refractivity contribution in [3.05, 3.63) is 106 Å². The van der Waals surface area contributed by atoms with Crippen LogP contribution in [-0.2, 0) is 24.6 Å². The van der Waals surface area contributed by atoms with Gasteiger partial charge in [0.1, 0.15) is 35.7 Å². The fraction of sp³-hybridized carbons (Fsp3) is 0.219. The number of carbonyl (C=O) groups excluding carboxylic acids is 1. The van der Waals surface area contributed by atoms with E-state index in [2.05, 4.69) is 20.9 Å². The van der Waals surface area contributed by atoms with Gasteiger partial charge in [-0.15, -0.1) is 12.4 Å². The summed E-state index contributed by atoms with van der Waals surface area (Å²) in [7, 11) is 0. The molecule has 222 valence electrons. The fourth-order valence-corrected chi connectivity index (χ4v) is 5.47. The average molecular weight is 640 g/mol. The topological polar surface area (TPSA) is 98.5 Å². The van der Waals surface area contributed by atoms with Crippen molar-refractivity contribution in [2.45, 2.75) is 38.6 Å². The van der Waals surface area contributed by atoms with Crippen LogP contribution < -0.4 is 20.1 Å². The second-order valence-electron chi connectivity index (χ2n) is 10.1. The van der Waals surface area contributed by atoms with Crippen LogP contribution in [0.4, 0.5) is 0 Å². The molecule has 4 aromatic carbocycles. The first-order valence-corrected chi connectivity index (χ1v) is 14.4. The largest absolute Gasteiger partial charge is 0.488 e. The smallest absolute Gasteiger partial charge is 0.220 e. The third-order valence-electron chi connectivity index (χ3n) is 7.17. The van der Waals surface area contributed by atoms with Crippen LogP contribution in [0.25, 0.3) is 22.2 Å². The van der Waals surface area contributed by atoms with Gasteiger partial charge in [-0.25, -0.2) is 4.63 Å². The zero-order valence-corrected chi connectivity index (χ0v) is 25.3. The molecule has 1 saturated heterocycles. The predicted octanol–water partition coefficient (Wildman–Crippen LogP) is 7.14. The van der Waals surface area contributed by atoms with Crippen LogP contribution in [0.5, 0.6) is 11.5 Å². The highest BCUT2D eigenvalue weighted by molar-refractivity contribution is 6.34. The lowest BCUT2D eigenvalue weighted by atomic mass is 10.0. The lowest BCUT2D eigenvalue weighted by molar-refractivity contribution is -0.119. The summed E-state index contributed by atoms with van der Waals surface area (Å²) >= 11 is 13.5. The van der Waals surface area contributed by atoms with Crippen LogP contribution in [-0.4, -0.2) is 28.8 Å². The van der Waals surface area contributed by atoms with Gasteiger partial charge in [-0.2, -0.15) is 0 Å². The maximum atomic E-state index is 11.6. The van der Waals surface area contributed by atoms with Gasteiger partial charge in [-0.1, -0.05) is 77.8 Å². The van der Waals surface area contributed by atoms with Crippen LogP contribution in [0, 0.1) is 0 Å². The summed E-state index contributed by atoms with van der Waals surface area (Å²) in [6, 6.07) is 25.3. The van der Waals surface area contributed by atoms with E-state index in [4.69, 9.17) is 37.3 Å². The van der Waals surface area contributed by atoms with Crippen LogP contribution in [0.1, 0.15) is 29.5 Å². The summed E-state index contributed by atoms with van der Waals surface area (Å²) in [5.74, 6) is 1.19. The van der Waals surface area contributed by atoms with Gasteiger partial charge in [0, 0.05) is 48.3 Å². The van der Waals surface area contributed by atoms with Gasteiger partial charge in [0.15, 0.2) is 0 Å². The zero-order valence-electron chi connectivity index (χ0n) is 23.0. The first-order chi connectivity index (χ1) is 20.5. The molecule has 6 rings (SSSR count). The van der Waals surface area contributed by atoms with Crippen molar-refractivity contribution < 1.29 is 18.9 Å². The van der Waals surface area contributed by atoms with Gasteiger partial charge in [0.2, 0.25) is 5.91 Å². The summed E-state index contributed by atoms with van der Waals surface area (Å²) in [5, 5.41) is 15.3. The molecule has 0 bridgehead atoms.